The molecule has 0 aromatic heterocycles. The van der Waals surface area contributed by atoms with Gasteiger partial charge >= 0.3 is 0 Å². The Morgan fingerprint density at radius 3 is 2.41 bits per heavy atom. The monoisotopic (exact) mass is 645 g/mol. The van der Waals surface area contributed by atoms with Crippen molar-refractivity contribution in [3.8, 4) is 23.0 Å². The highest BCUT2D eigenvalue weighted by molar-refractivity contribution is 14.1. The second kappa shape index (κ2) is 15.0. The van der Waals surface area contributed by atoms with Gasteiger partial charge in [-0.3, -0.25) is 9.59 Å². The first-order valence-corrected chi connectivity index (χ1v) is 13.5. The van der Waals surface area contributed by atoms with Gasteiger partial charge in [0.1, 0.15) is 0 Å². The van der Waals surface area contributed by atoms with Crippen LogP contribution >= 0.6 is 22.6 Å². The molecule has 39 heavy (non-hydrogen) atoms. The third kappa shape index (κ3) is 8.88. The van der Waals surface area contributed by atoms with E-state index < -0.39 is 5.91 Å². The van der Waals surface area contributed by atoms with Crippen LogP contribution in [-0.2, 0) is 4.79 Å². The van der Waals surface area contributed by atoms with Crippen LogP contribution < -0.4 is 29.7 Å². The number of aryl methyl sites for hydroxylation is 1. The molecule has 0 aliphatic rings. The summed E-state index contributed by atoms with van der Waals surface area (Å²) in [7, 11) is 1.52. The van der Waals surface area contributed by atoms with Crippen molar-refractivity contribution in [2.45, 2.75) is 27.2 Å². The highest BCUT2D eigenvalue weighted by Crippen LogP contribution is 2.34. The molecule has 3 aromatic carbocycles. The topological polar surface area (TPSA) is 107 Å². The third-order valence-electron chi connectivity index (χ3n) is 5.28. The van der Waals surface area contributed by atoms with Gasteiger partial charge in [-0.25, -0.2) is 5.43 Å². The summed E-state index contributed by atoms with van der Waals surface area (Å²) in [6, 6.07) is 16.0. The van der Waals surface area contributed by atoms with Gasteiger partial charge in [-0.15, -0.1) is 0 Å². The molecule has 0 aliphatic heterocycles. The van der Waals surface area contributed by atoms with Gasteiger partial charge in [-0.1, -0.05) is 24.6 Å². The molecular formula is C29H32IN3O6. The van der Waals surface area contributed by atoms with Crippen LogP contribution in [0.25, 0.3) is 0 Å². The average Bonchev–Trinajstić information content (AvgIpc) is 2.92. The van der Waals surface area contributed by atoms with E-state index in [9.17, 15) is 9.59 Å². The van der Waals surface area contributed by atoms with E-state index in [0.717, 1.165) is 15.6 Å². The maximum Gasteiger partial charge on any atom is 0.271 e. The number of amides is 2. The molecule has 0 saturated carbocycles. The standard InChI is InChI=1S/C29H32IN3O6/c1-5-13-38-24-12-9-21(16-25(24)36-4)29(35)33-31-17-20-14-23(30)28(26(15-20)37-6-2)39-18-27(34)32-22-10-7-19(3)8-11-22/h7-12,14-17H,5-6,13,18H2,1-4H3,(H,32,34)(H,33,35)/b31-17+. The third-order valence-corrected chi connectivity index (χ3v) is 6.08. The van der Waals surface area contributed by atoms with Gasteiger partial charge in [0.05, 0.1) is 30.1 Å². The molecule has 2 amide bonds. The van der Waals surface area contributed by atoms with Crippen LogP contribution in [0.2, 0.25) is 0 Å². The Hall–Kier alpha value is -3.80. The van der Waals surface area contributed by atoms with Gasteiger partial charge in [-0.05, 0) is 90.9 Å². The van der Waals surface area contributed by atoms with Crippen molar-refractivity contribution in [1.29, 1.82) is 0 Å². The van der Waals surface area contributed by atoms with Crippen molar-refractivity contribution in [1.82, 2.24) is 5.43 Å². The number of rotatable bonds is 13. The highest BCUT2D eigenvalue weighted by Gasteiger charge is 2.15. The predicted molar refractivity (Wildman–Crippen MR) is 159 cm³/mol. The van der Waals surface area contributed by atoms with Crippen molar-refractivity contribution in [2.24, 2.45) is 5.10 Å². The van der Waals surface area contributed by atoms with E-state index in [4.69, 9.17) is 18.9 Å². The molecule has 2 N–H and O–H groups in total. The number of nitrogens with one attached hydrogen (secondary N) is 2. The Labute approximate surface area is 242 Å². The fraction of sp³-hybridized carbons (Fsp3) is 0.276. The molecule has 0 aliphatic carbocycles. The number of anilines is 1. The van der Waals surface area contributed by atoms with E-state index in [2.05, 4.69) is 38.4 Å². The van der Waals surface area contributed by atoms with Crippen molar-refractivity contribution in [3.05, 3.63) is 74.9 Å². The number of ether oxygens (including phenoxy) is 4. The second-order valence-electron chi connectivity index (χ2n) is 8.38. The van der Waals surface area contributed by atoms with Gasteiger partial charge in [0, 0.05) is 11.3 Å². The molecule has 0 heterocycles. The average molecular weight is 645 g/mol. The molecule has 0 atom stereocenters. The van der Waals surface area contributed by atoms with Crippen molar-refractivity contribution >= 4 is 46.3 Å². The molecule has 0 fully saturated rings. The Bertz CT molecular complexity index is 1310. The van der Waals surface area contributed by atoms with Crippen molar-refractivity contribution in [3.63, 3.8) is 0 Å². The lowest BCUT2D eigenvalue weighted by atomic mass is 10.2. The number of benzene rings is 3. The lowest BCUT2D eigenvalue weighted by Crippen LogP contribution is -2.20. The normalized spacial score (nSPS) is 10.7. The Morgan fingerprint density at radius 2 is 1.72 bits per heavy atom. The molecule has 0 radical (unpaired) electrons. The molecule has 0 spiro atoms. The maximum absolute atomic E-state index is 12.6. The Kier molecular flexibility index (Phi) is 11.4. The summed E-state index contributed by atoms with van der Waals surface area (Å²) in [6.45, 7) is 6.62. The van der Waals surface area contributed by atoms with Crippen LogP contribution in [0.4, 0.5) is 5.69 Å². The molecule has 10 heteroatoms. The number of halogens is 1. The molecule has 0 saturated heterocycles. The SMILES string of the molecule is CCCOc1ccc(C(=O)N/N=C/c2cc(I)c(OCC(=O)Nc3ccc(C)cc3)c(OCC)c2)cc1OC. The molecule has 3 aromatic rings. The largest absolute Gasteiger partial charge is 0.493 e. The number of hydrogen-bond acceptors (Lipinski definition) is 7. The molecule has 9 nitrogen and oxygen atoms in total. The highest BCUT2D eigenvalue weighted by atomic mass is 127. The summed E-state index contributed by atoms with van der Waals surface area (Å²) < 4.78 is 23.3. The first-order valence-electron chi connectivity index (χ1n) is 12.4. The molecular weight excluding hydrogens is 613 g/mol. The number of nitrogens with zero attached hydrogens (tertiary/aromatic N) is 1. The van der Waals surface area contributed by atoms with E-state index in [0.29, 0.717) is 53.0 Å². The lowest BCUT2D eigenvalue weighted by molar-refractivity contribution is -0.118. The van der Waals surface area contributed by atoms with E-state index >= 15 is 0 Å². The fourth-order valence-corrected chi connectivity index (χ4v) is 4.19. The summed E-state index contributed by atoms with van der Waals surface area (Å²) in [4.78, 5) is 25.0. The minimum atomic E-state index is -0.397. The minimum Gasteiger partial charge on any atom is -0.493 e. The Balaban J connectivity index is 1.65. The zero-order chi connectivity index (χ0) is 28.2. The quantitative estimate of drug-likeness (QED) is 0.143. The number of methoxy groups -OCH3 is 1. The predicted octanol–water partition coefficient (Wildman–Crippen LogP) is 5.58. The van der Waals surface area contributed by atoms with E-state index in [-0.39, 0.29) is 12.5 Å². The zero-order valence-electron chi connectivity index (χ0n) is 22.4. The van der Waals surface area contributed by atoms with Crippen molar-refractivity contribution in [2.75, 3.05) is 32.2 Å². The Morgan fingerprint density at radius 1 is 0.949 bits per heavy atom. The van der Waals surface area contributed by atoms with E-state index in [1.807, 2.05) is 51.1 Å². The van der Waals surface area contributed by atoms with Crippen LogP contribution in [0.3, 0.4) is 0 Å². The molecule has 0 bridgehead atoms. The van der Waals surface area contributed by atoms with E-state index in [1.165, 1.54) is 13.3 Å². The van der Waals surface area contributed by atoms with Crippen LogP contribution in [0.5, 0.6) is 23.0 Å². The zero-order valence-corrected chi connectivity index (χ0v) is 24.5. The van der Waals surface area contributed by atoms with Crippen molar-refractivity contribution < 1.29 is 28.5 Å². The lowest BCUT2D eigenvalue weighted by Gasteiger charge is -2.14. The van der Waals surface area contributed by atoms with Gasteiger partial charge < -0.3 is 24.3 Å². The maximum atomic E-state index is 12.6. The first-order chi connectivity index (χ1) is 18.8. The second-order valence-corrected chi connectivity index (χ2v) is 9.54. The summed E-state index contributed by atoms with van der Waals surface area (Å²) in [6.07, 6.45) is 2.37. The van der Waals surface area contributed by atoms with Gasteiger partial charge in [-0.2, -0.15) is 5.10 Å². The summed E-state index contributed by atoms with van der Waals surface area (Å²) in [5.41, 5.74) is 5.38. The number of hydrogen-bond donors (Lipinski definition) is 2. The van der Waals surface area contributed by atoms with Crippen LogP contribution in [-0.4, -0.2) is 45.0 Å². The van der Waals surface area contributed by atoms with Gasteiger partial charge in [0.25, 0.3) is 11.8 Å². The number of carbonyl (C=O) groups is 2. The van der Waals surface area contributed by atoms with Crippen LogP contribution in [0, 0.1) is 10.5 Å². The van der Waals surface area contributed by atoms with Gasteiger partial charge in [0.2, 0.25) is 0 Å². The molecule has 0 unspecified atom stereocenters. The molecule has 3 rings (SSSR count). The van der Waals surface area contributed by atoms with Crippen LogP contribution in [0.15, 0.2) is 59.7 Å². The van der Waals surface area contributed by atoms with E-state index in [1.54, 1.807) is 24.3 Å². The smallest absolute Gasteiger partial charge is 0.271 e. The fourth-order valence-electron chi connectivity index (χ4n) is 3.41. The summed E-state index contributed by atoms with van der Waals surface area (Å²) in [5, 5.41) is 6.89. The first kappa shape index (κ1) is 29.8. The van der Waals surface area contributed by atoms with Crippen LogP contribution in [0.1, 0.15) is 41.8 Å². The number of carbonyl (C=O) groups excluding carboxylic acids is 2. The minimum absolute atomic E-state index is 0.181. The number of hydrazone groups is 1. The summed E-state index contributed by atoms with van der Waals surface area (Å²) in [5.74, 6) is 1.28. The molecule has 206 valence electrons. The summed E-state index contributed by atoms with van der Waals surface area (Å²) >= 11 is 2.11. The van der Waals surface area contributed by atoms with Gasteiger partial charge in [0.15, 0.2) is 29.6 Å².